The normalized spacial score (nSPS) is 11.0. The van der Waals surface area contributed by atoms with Crippen LogP contribution in [0.2, 0.25) is 0 Å². The molecule has 0 amide bonds. The number of aryl methyl sites for hydroxylation is 2. The van der Waals surface area contributed by atoms with Crippen LogP contribution >= 0.6 is 0 Å². The molecule has 0 unspecified atom stereocenters. The van der Waals surface area contributed by atoms with Crippen LogP contribution in [0.1, 0.15) is 16.7 Å². The van der Waals surface area contributed by atoms with Crippen molar-refractivity contribution in [2.24, 2.45) is 7.05 Å². The minimum absolute atomic E-state index is 0.200. The van der Waals surface area contributed by atoms with Crippen molar-refractivity contribution < 1.29 is 0 Å². The molecule has 0 N–H and O–H groups in total. The molecule has 0 saturated heterocycles. The molecule has 0 radical (unpaired) electrons. The third kappa shape index (κ3) is 2.22. The van der Waals surface area contributed by atoms with Crippen LogP contribution in [-0.2, 0) is 13.6 Å². The van der Waals surface area contributed by atoms with Gasteiger partial charge in [0.1, 0.15) is 11.7 Å². The largest absolute Gasteiger partial charge is 0.348 e. The molecule has 0 spiro atoms. The van der Waals surface area contributed by atoms with Crippen molar-refractivity contribution in [3.8, 4) is 0 Å². The molecule has 0 aliphatic rings. The summed E-state index contributed by atoms with van der Waals surface area (Å²) in [7, 11) is 1.55. The summed E-state index contributed by atoms with van der Waals surface area (Å²) >= 11 is 0. The van der Waals surface area contributed by atoms with Gasteiger partial charge in [-0.2, -0.15) is 0 Å². The first-order chi connectivity index (χ1) is 10.5. The van der Waals surface area contributed by atoms with Crippen LogP contribution in [0.25, 0.3) is 11.0 Å². The Hall–Kier alpha value is -2.76. The van der Waals surface area contributed by atoms with Crippen LogP contribution in [0.3, 0.4) is 0 Å². The second kappa shape index (κ2) is 5.22. The maximum Gasteiger partial charge on any atom is 0.348 e. The summed E-state index contributed by atoms with van der Waals surface area (Å²) in [6, 6.07) is 6.01. The zero-order chi connectivity index (χ0) is 15.9. The molecule has 1 aromatic carbocycles. The van der Waals surface area contributed by atoms with E-state index < -0.39 is 5.69 Å². The van der Waals surface area contributed by atoms with Gasteiger partial charge in [0.15, 0.2) is 5.65 Å². The van der Waals surface area contributed by atoms with Crippen LogP contribution in [0, 0.1) is 13.8 Å². The molecule has 22 heavy (non-hydrogen) atoms. The Balaban J connectivity index is 2.15. The van der Waals surface area contributed by atoms with E-state index in [1.807, 2.05) is 32.0 Å². The molecule has 0 saturated carbocycles. The van der Waals surface area contributed by atoms with E-state index in [0.29, 0.717) is 17.6 Å². The van der Waals surface area contributed by atoms with Crippen molar-refractivity contribution in [2.45, 2.75) is 20.4 Å². The number of nitrogens with zero attached hydrogens (tertiary/aromatic N) is 4. The molecule has 6 nitrogen and oxygen atoms in total. The predicted octanol–water partition coefficient (Wildman–Crippen LogP) is 1.16. The Morgan fingerprint density at radius 3 is 2.68 bits per heavy atom. The monoisotopic (exact) mass is 296 g/mol. The summed E-state index contributed by atoms with van der Waals surface area (Å²) in [5.41, 5.74) is 3.14. The predicted molar refractivity (Wildman–Crippen MR) is 84.1 cm³/mol. The van der Waals surface area contributed by atoms with E-state index in [-0.39, 0.29) is 5.56 Å². The van der Waals surface area contributed by atoms with Crippen molar-refractivity contribution in [1.82, 2.24) is 19.1 Å². The molecule has 3 rings (SSSR count). The summed E-state index contributed by atoms with van der Waals surface area (Å²) < 4.78 is 2.81. The second-order valence-corrected chi connectivity index (χ2v) is 5.37. The fourth-order valence-corrected chi connectivity index (χ4v) is 2.45. The van der Waals surface area contributed by atoms with Gasteiger partial charge >= 0.3 is 5.69 Å². The fraction of sp³-hybridized carbons (Fsp3) is 0.250. The lowest BCUT2D eigenvalue weighted by molar-refractivity contribution is 0.731. The standard InChI is InChI=1S/C16H16N4O2/c1-10-5-4-6-12(11(10)2)8-20-9-18-14-13(15(20)21)7-17-16(22)19(14)3/h4-7,9H,8H2,1-3H3. The van der Waals surface area contributed by atoms with Gasteiger partial charge in [0.25, 0.3) is 5.56 Å². The van der Waals surface area contributed by atoms with E-state index in [1.165, 1.54) is 27.2 Å². The summed E-state index contributed by atoms with van der Waals surface area (Å²) in [5, 5.41) is 0.343. The van der Waals surface area contributed by atoms with Gasteiger partial charge in [-0.25, -0.2) is 14.8 Å². The van der Waals surface area contributed by atoms with Crippen molar-refractivity contribution in [2.75, 3.05) is 0 Å². The molecule has 0 fully saturated rings. The SMILES string of the molecule is Cc1cccc(Cn2cnc3c(cnc(=O)n3C)c2=O)c1C. The minimum atomic E-state index is -0.424. The molecule has 0 aliphatic heterocycles. The number of hydrogen-bond acceptors (Lipinski definition) is 4. The lowest BCUT2D eigenvalue weighted by atomic mass is 10.0. The van der Waals surface area contributed by atoms with Crippen LogP contribution < -0.4 is 11.2 Å². The van der Waals surface area contributed by atoms with Gasteiger partial charge in [-0.15, -0.1) is 0 Å². The molecule has 112 valence electrons. The zero-order valence-electron chi connectivity index (χ0n) is 12.7. The van der Waals surface area contributed by atoms with E-state index in [0.717, 1.165) is 11.1 Å². The van der Waals surface area contributed by atoms with Gasteiger partial charge in [-0.3, -0.25) is 13.9 Å². The zero-order valence-corrected chi connectivity index (χ0v) is 12.7. The van der Waals surface area contributed by atoms with Crippen LogP contribution in [-0.4, -0.2) is 19.1 Å². The van der Waals surface area contributed by atoms with Gasteiger partial charge < -0.3 is 0 Å². The first-order valence-electron chi connectivity index (χ1n) is 6.95. The molecule has 6 heteroatoms. The van der Waals surface area contributed by atoms with E-state index in [2.05, 4.69) is 9.97 Å². The molecule has 0 aliphatic carbocycles. The van der Waals surface area contributed by atoms with E-state index in [9.17, 15) is 9.59 Å². The third-order valence-electron chi connectivity index (χ3n) is 4.02. The lowest BCUT2D eigenvalue weighted by Gasteiger charge is -2.11. The van der Waals surface area contributed by atoms with Crippen molar-refractivity contribution >= 4 is 11.0 Å². The summed E-state index contributed by atoms with van der Waals surface area (Å²) in [6.07, 6.45) is 2.78. The first-order valence-corrected chi connectivity index (χ1v) is 6.95. The smallest absolute Gasteiger partial charge is 0.294 e. The lowest BCUT2D eigenvalue weighted by Crippen LogP contribution is -2.27. The summed E-state index contributed by atoms with van der Waals surface area (Å²) in [5.74, 6) is 0. The average molecular weight is 296 g/mol. The minimum Gasteiger partial charge on any atom is -0.294 e. The third-order valence-corrected chi connectivity index (χ3v) is 4.02. The van der Waals surface area contributed by atoms with E-state index in [1.54, 1.807) is 7.05 Å². The number of benzene rings is 1. The molecular formula is C16H16N4O2. The number of aromatic nitrogens is 4. The molecule has 0 atom stereocenters. The quantitative estimate of drug-likeness (QED) is 0.711. The van der Waals surface area contributed by atoms with Crippen LogP contribution in [0.4, 0.5) is 0 Å². The number of hydrogen-bond donors (Lipinski definition) is 0. The Bertz CT molecular complexity index is 986. The Morgan fingerprint density at radius 2 is 1.91 bits per heavy atom. The van der Waals surface area contributed by atoms with E-state index >= 15 is 0 Å². The molecular weight excluding hydrogens is 280 g/mol. The highest BCUT2D eigenvalue weighted by Gasteiger charge is 2.09. The summed E-state index contributed by atoms with van der Waals surface area (Å²) in [4.78, 5) is 32.0. The molecule has 0 bridgehead atoms. The maximum atomic E-state index is 12.6. The average Bonchev–Trinajstić information content (AvgIpc) is 2.50. The number of rotatable bonds is 2. The molecule has 2 aromatic heterocycles. The van der Waals surface area contributed by atoms with Gasteiger partial charge in [-0.05, 0) is 30.5 Å². The van der Waals surface area contributed by atoms with E-state index in [4.69, 9.17) is 0 Å². The van der Waals surface area contributed by atoms with Gasteiger partial charge in [0, 0.05) is 13.2 Å². The Kier molecular flexibility index (Phi) is 3.36. The van der Waals surface area contributed by atoms with Gasteiger partial charge in [0.2, 0.25) is 0 Å². The Morgan fingerprint density at radius 1 is 1.14 bits per heavy atom. The topological polar surface area (TPSA) is 69.8 Å². The molecule has 2 heterocycles. The maximum absolute atomic E-state index is 12.6. The van der Waals surface area contributed by atoms with Crippen LogP contribution in [0.5, 0.6) is 0 Å². The highest BCUT2D eigenvalue weighted by molar-refractivity contribution is 5.72. The van der Waals surface area contributed by atoms with Gasteiger partial charge in [0.05, 0.1) is 6.54 Å². The molecule has 3 aromatic rings. The highest BCUT2D eigenvalue weighted by atomic mass is 16.1. The first kappa shape index (κ1) is 14.2. The van der Waals surface area contributed by atoms with Crippen LogP contribution in [0.15, 0.2) is 40.3 Å². The van der Waals surface area contributed by atoms with Crippen molar-refractivity contribution in [3.05, 3.63) is 68.3 Å². The van der Waals surface area contributed by atoms with Crippen molar-refractivity contribution in [3.63, 3.8) is 0 Å². The summed E-state index contributed by atoms with van der Waals surface area (Å²) in [6.45, 7) is 4.52. The fourth-order valence-electron chi connectivity index (χ4n) is 2.45. The second-order valence-electron chi connectivity index (χ2n) is 5.37. The Labute approximate surface area is 126 Å². The van der Waals surface area contributed by atoms with Gasteiger partial charge in [-0.1, -0.05) is 18.2 Å². The van der Waals surface area contributed by atoms with Crippen molar-refractivity contribution in [1.29, 1.82) is 0 Å². The highest BCUT2D eigenvalue weighted by Crippen LogP contribution is 2.13. The number of fused-ring (bicyclic) bond motifs is 1.